The fraction of sp³-hybridized carbons (Fsp3) is 0.385. The highest BCUT2D eigenvalue weighted by atomic mass is 35.5. The van der Waals surface area contributed by atoms with Crippen LogP contribution < -0.4 is 0 Å². The Labute approximate surface area is 116 Å². The van der Waals surface area contributed by atoms with Gasteiger partial charge in [0.15, 0.2) is 0 Å². The highest BCUT2D eigenvalue weighted by molar-refractivity contribution is 8.04. The Morgan fingerprint density at radius 3 is 3.00 bits per heavy atom. The Bertz CT molecular complexity index is 445. The second kappa shape index (κ2) is 8.02. The van der Waals surface area contributed by atoms with Gasteiger partial charge in [0, 0.05) is 0 Å². The number of thioether (sulfide) groups is 1. The van der Waals surface area contributed by atoms with Crippen LogP contribution >= 0.6 is 23.4 Å². The van der Waals surface area contributed by atoms with Crippen molar-refractivity contribution in [3.63, 3.8) is 0 Å². The van der Waals surface area contributed by atoms with E-state index >= 15 is 0 Å². The monoisotopic (exact) mass is 283 g/mol. The van der Waals surface area contributed by atoms with Crippen LogP contribution in [0.3, 0.4) is 0 Å². The van der Waals surface area contributed by atoms with E-state index in [4.69, 9.17) is 21.6 Å². The van der Waals surface area contributed by atoms with Gasteiger partial charge < -0.3 is 4.74 Å². The van der Waals surface area contributed by atoms with Gasteiger partial charge in [-0.05, 0) is 30.7 Å². The third kappa shape index (κ3) is 4.99. The van der Waals surface area contributed by atoms with Crippen molar-refractivity contribution in [1.82, 2.24) is 0 Å². The lowest BCUT2D eigenvalue weighted by Gasteiger charge is -2.12. The van der Waals surface area contributed by atoms with Gasteiger partial charge in [-0.15, -0.1) is 11.6 Å². The predicted molar refractivity (Wildman–Crippen MR) is 73.6 cm³/mol. The van der Waals surface area contributed by atoms with Gasteiger partial charge in [0.25, 0.3) is 0 Å². The normalized spacial score (nSPS) is 11.6. The van der Waals surface area contributed by atoms with Crippen LogP contribution in [0.2, 0.25) is 0 Å². The first kappa shape index (κ1) is 14.9. The molecule has 0 fully saturated rings. The van der Waals surface area contributed by atoms with Crippen molar-refractivity contribution in [1.29, 1.82) is 5.26 Å². The number of ether oxygens (including phenoxy) is 1. The number of nitrogens with zero attached hydrogens (tertiary/aromatic N) is 1. The SMILES string of the molecule is Cc1cccc(C[C@@H](SC#N)C(=O)OCCCl)c1. The van der Waals surface area contributed by atoms with Crippen LogP contribution in [0.5, 0.6) is 0 Å². The fourth-order valence-electron chi connectivity index (χ4n) is 1.52. The number of hydrogen-bond donors (Lipinski definition) is 0. The first-order chi connectivity index (χ1) is 8.67. The average Bonchev–Trinajstić information content (AvgIpc) is 2.35. The van der Waals surface area contributed by atoms with Crippen molar-refractivity contribution in [2.75, 3.05) is 12.5 Å². The summed E-state index contributed by atoms with van der Waals surface area (Å²) in [6.07, 6.45) is 0.487. The predicted octanol–water partition coefficient (Wildman–Crippen LogP) is 2.90. The number of rotatable bonds is 6. The fourth-order valence-corrected chi connectivity index (χ4v) is 2.17. The van der Waals surface area contributed by atoms with Gasteiger partial charge in [-0.2, -0.15) is 5.26 Å². The maximum atomic E-state index is 11.7. The molecule has 1 aromatic rings. The molecule has 1 aromatic carbocycles. The van der Waals surface area contributed by atoms with E-state index in [9.17, 15) is 4.79 Å². The molecule has 18 heavy (non-hydrogen) atoms. The summed E-state index contributed by atoms with van der Waals surface area (Å²) in [6, 6.07) is 7.86. The van der Waals surface area contributed by atoms with E-state index in [-0.39, 0.29) is 18.5 Å². The molecule has 0 aromatic heterocycles. The molecule has 0 saturated carbocycles. The van der Waals surface area contributed by atoms with Crippen molar-refractivity contribution < 1.29 is 9.53 Å². The third-order valence-electron chi connectivity index (χ3n) is 2.28. The molecule has 0 unspecified atom stereocenters. The quantitative estimate of drug-likeness (QED) is 0.458. The number of halogens is 1. The van der Waals surface area contributed by atoms with Crippen LogP contribution in [0.15, 0.2) is 24.3 Å². The molecule has 0 amide bonds. The van der Waals surface area contributed by atoms with Gasteiger partial charge in [-0.1, -0.05) is 29.8 Å². The van der Waals surface area contributed by atoms with Gasteiger partial charge in [0.1, 0.15) is 17.3 Å². The highest BCUT2D eigenvalue weighted by Gasteiger charge is 2.21. The summed E-state index contributed by atoms with van der Waals surface area (Å²) in [5, 5.41) is 10.2. The zero-order chi connectivity index (χ0) is 13.4. The average molecular weight is 284 g/mol. The maximum absolute atomic E-state index is 11.7. The van der Waals surface area contributed by atoms with Crippen LogP contribution in [-0.4, -0.2) is 23.7 Å². The van der Waals surface area contributed by atoms with Crippen molar-refractivity contribution in [3.05, 3.63) is 35.4 Å². The van der Waals surface area contributed by atoms with Crippen molar-refractivity contribution in [2.24, 2.45) is 0 Å². The van der Waals surface area contributed by atoms with Crippen molar-refractivity contribution in [2.45, 2.75) is 18.6 Å². The van der Waals surface area contributed by atoms with Crippen molar-refractivity contribution >= 4 is 29.3 Å². The molecular formula is C13H14ClNO2S. The molecule has 1 atom stereocenters. The Morgan fingerprint density at radius 1 is 1.61 bits per heavy atom. The number of hydrogen-bond acceptors (Lipinski definition) is 4. The topological polar surface area (TPSA) is 50.1 Å². The molecule has 0 aliphatic rings. The number of benzene rings is 1. The van der Waals surface area contributed by atoms with E-state index < -0.39 is 5.25 Å². The lowest BCUT2D eigenvalue weighted by Crippen LogP contribution is -2.23. The summed E-state index contributed by atoms with van der Waals surface area (Å²) in [5.41, 5.74) is 2.15. The molecule has 0 aliphatic carbocycles. The summed E-state index contributed by atoms with van der Waals surface area (Å²) in [4.78, 5) is 11.7. The lowest BCUT2D eigenvalue weighted by molar-refractivity contribution is -0.142. The zero-order valence-electron chi connectivity index (χ0n) is 10.1. The van der Waals surface area contributed by atoms with Gasteiger partial charge in [-0.25, -0.2) is 0 Å². The zero-order valence-corrected chi connectivity index (χ0v) is 11.6. The Kier molecular flexibility index (Phi) is 6.63. The molecule has 0 N–H and O–H groups in total. The molecule has 5 heteroatoms. The molecule has 96 valence electrons. The molecule has 0 radical (unpaired) electrons. The minimum absolute atomic E-state index is 0.177. The van der Waals surface area contributed by atoms with Crippen LogP contribution in [0.25, 0.3) is 0 Å². The minimum Gasteiger partial charge on any atom is -0.464 e. The first-order valence-corrected chi connectivity index (χ1v) is 6.91. The molecule has 0 aliphatic heterocycles. The maximum Gasteiger partial charge on any atom is 0.320 e. The van der Waals surface area contributed by atoms with Crippen molar-refractivity contribution in [3.8, 4) is 5.40 Å². The first-order valence-electron chi connectivity index (χ1n) is 5.50. The van der Waals surface area contributed by atoms with Crippen LogP contribution in [-0.2, 0) is 16.0 Å². The van der Waals surface area contributed by atoms with Crippen LogP contribution in [0.4, 0.5) is 0 Å². The van der Waals surface area contributed by atoms with E-state index in [0.717, 1.165) is 22.9 Å². The smallest absolute Gasteiger partial charge is 0.320 e. The van der Waals surface area contributed by atoms with Gasteiger partial charge in [0.05, 0.1) is 5.88 Å². The summed E-state index contributed by atoms with van der Waals surface area (Å²) in [5.74, 6) is -0.121. The van der Waals surface area contributed by atoms with Crippen LogP contribution in [0.1, 0.15) is 11.1 Å². The van der Waals surface area contributed by atoms with Crippen LogP contribution in [0, 0.1) is 17.6 Å². The Hall–Kier alpha value is -1.18. The Balaban J connectivity index is 2.68. The standard InChI is InChI=1S/C13H14ClNO2S/c1-10-3-2-4-11(7-10)8-12(18-9-15)13(16)17-6-5-14/h2-4,7,12H,5-6,8H2,1H3/t12-/m1/s1. The lowest BCUT2D eigenvalue weighted by atomic mass is 10.1. The number of nitriles is 1. The molecule has 0 heterocycles. The van der Waals surface area contributed by atoms with E-state index in [1.54, 1.807) is 0 Å². The van der Waals surface area contributed by atoms with E-state index in [1.807, 2.05) is 36.6 Å². The number of aryl methyl sites for hydroxylation is 1. The number of carbonyl (C=O) groups is 1. The van der Waals surface area contributed by atoms with E-state index in [1.165, 1.54) is 0 Å². The largest absolute Gasteiger partial charge is 0.464 e. The minimum atomic E-state index is -0.500. The van der Waals surface area contributed by atoms with Gasteiger partial charge in [-0.3, -0.25) is 4.79 Å². The molecular weight excluding hydrogens is 270 g/mol. The number of esters is 1. The van der Waals surface area contributed by atoms with E-state index in [2.05, 4.69) is 0 Å². The molecule has 0 bridgehead atoms. The summed E-state index contributed by atoms with van der Waals surface area (Å²) in [7, 11) is 0. The highest BCUT2D eigenvalue weighted by Crippen LogP contribution is 2.18. The Morgan fingerprint density at radius 2 is 2.39 bits per heavy atom. The number of carbonyl (C=O) groups excluding carboxylic acids is 1. The van der Waals surface area contributed by atoms with Gasteiger partial charge >= 0.3 is 5.97 Å². The summed E-state index contributed by atoms with van der Waals surface area (Å²) >= 11 is 6.38. The van der Waals surface area contributed by atoms with Gasteiger partial charge in [0.2, 0.25) is 0 Å². The second-order valence-electron chi connectivity index (χ2n) is 3.75. The second-order valence-corrected chi connectivity index (χ2v) is 5.11. The molecule has 1 rings (SSSR count). The van der Waals surface area contributed by atoms with E-state index in [0.29, 0.717) is 6.42 Å². The molecule has 0 spiro atoms. The third-order valence-corrected chi connectivity index (χ3v) is 3.19. The summed E-state index contributed by atoms with van der Waals surface area (Å²) < 4.78 is 4.97. The molecule has 3 nitrogen and oxygen atoms in total. The summed E-state index contributed by atoms with van der Waals surface area (Å²) in [6.45, 7) is 2.17. The molecule has 0 saturated heterocycles. The number of alkyl halides is 1. The number of thiocyanates is 1.